The largest absolute Gasteiger partial charge is 0.374 e. The molecule has 0 aromatic rings. The molecule has 1 unspecified atom stereocenters. The Labute approximate surface area is 86.8 Å². The third kappa shape index (κ3) is 3.23. The molecule has 1 N–H and O–H groups in total. The van der Waals surface area contributed by atoms with Crippen LogP contribution >= 0.6 is 0 Å². The van der Waals surface area contributed by atoms with Gasteiger partial charge < -0.3 is 15.0 Å². The summed E-state index contributed by atoms with van der Waals surface area (Å²) < 4.78 is 5.72. The number of rotatable bonds is 2. The van der Waals surface area contributed by atoms with Gasteiger partial charge >= 0.3 is 0 Å². The first-order valence-corrected chi connectivity index (χ1v) is 6.00. The highest BCUT2D eigenvalue weighted by atomic mass is 16.5. The maximum absolute atomic E-state index is 5.72. The normalized spacial score (nSPS) is 31.3. The number of ether oxygens (including phenoxy) is 1. The molecule has 2 saturated heterocycles. The third-order valence-corrected chi connectivity index (χ3v) is 3.16. The summed E-state index contributed by atoms with van der Waals surface area (Å²) in [5, 5.41) is 3.39. The van der Waals surface area contributed by atoms with Crippen LogP contribution in [0.1, 0.15) is 25.7 Å². The third-order valence-electron chi connectivity index (χ3n) is 3.16. The van der Waals surface area contributed by atoms with Crippen molar-refractivity contribution in [1.82, 2.24) is 10.2 Å². The predicted molar refractivity (Wildman–Crippen MR) is 57.5 cm³/mol. The highest BCUT2D eigenvalue weighted by Gasteiger charge is 2.17. The number of likely N-dealkylation sites (tertiary alicyclic amines) is 1. The molecule has 0 bridgehead atoms. The second-order valence-electron chi connectivity index (χ2n) is 4.41. The van der Waals surface area contributed by atoms with Crippen molar-refractivity contribution in [3.63, 3.8) is 0 Å². The summed E-state index contributed by atoms with van der Waals surface area (Å²) in [6, 6.07) is 0. The van der Waals surface area contributed by atoms with Gasteiger partial charge in [0.05, 0.1) is 12.7 Å². The Morgan fingerprint density at radius 3 is 2.57 bits per heavy atom. The van der Waals surface area contributed by atoms with Crippen molar-refractivity contribution in [1.29, 1.82) is 0 Å². The van der Waals surface area contributed by atoms with E-state index in [1.54, 1.807) is 0 Å². The summed E-state index contributed by atoms with van der Waals surface area (Å²) in [6.45, 7) is 6.64. The van der Waals surface area contributed by atoms with Crippen LogP contribution in [-0.4, -0.2) is 50.3 Å². The Hall–Kier alpha value is -0.120. The topological polar surface area (TPSA) is 24.5 Å². The monoisotopic (exact) mass is 198 g/mol. The molecule has 0 amide bonds. The van der Waals surface area contributed by atoms with Crippen LogP contribution in [0.25, 0.3) is 0 Å². The second kappa shape index (κ2) is 5.69. The minimum Gasteiger partial charge on any atom is -0.374 e. The smallest absolute Gasteiger partial charge is 0.0826 e. The lowest BCUT2D eigenvalue weighted by atomic mass is 10.2. The molecule has 2 heterocycles. The van der Waals surface area contributed by atoms with E-state index in [1.165, 1.54) is 38.8 Å². The van der Waals surface area contributed by atoms with Gasteiger partial charge in [-0.15, -0.1) is 0 Å². The highest BCUT2D eigenvalue weighted by Crippen LogP contribution is 2.10. The summed E-state index contributed by atoms with van der Waals surface area (Å²) in [4.78, 5) is 2.57. The number of nitrogens with zero attached hydrogens (tertiary/aromatic N) is 1. The maximum Gasteiger partial charge on any atom is 0.0826 e. The molecule has 2 aliphatic rings. The van der Waals surface area contributed by atoms with E-state index >= 15 is 0 Å². The van der Waals surface area contributed by atoms with Crippen molar-refractivity contribution in [3.8, 4) is 0 Å². The molecule has 0 aliphatic carbocycles. The fraction of sp³-hybridized carbons (Fsp3) is 1.00. The minimum absolute atomic E-state index is 0.432. The first-order valence-electron chi connectivity index (χ1n) is 6.00. The molecule has 82 valence electrons. The summed E-state index contributed by atoms with van der Waals surface area (Å²) in [7, 11) is 0. The average Bonchev–Trinajstić information content (AvgIpc) is 2.48. The van der Waals surface area contributed by atoms with Crippen molar-refractivity contribution >= 4 is 0 Å². The van der Waals surface area contributed by atoms with Gasteiger partial charge in [0.2, 0.25) is 0 Å². The van der Waals surface area contributed by atoms with Gasteiger partial charge in [-0.2, -0.15) is 0 Å². The average molecular weight is 198 g/mol. The predicted octanol–water partition coefficient (Wildman–Crippen LogP) is 0.851. The summed E-state index contributed by atoms with van der Waals surface area (Å²) in [5.74, 6) is 0. The van der Waals surface area contributed by atoms with Crippen LogP contribution in [0.2, 0.25) is 0 Å². The number of nitrogens with one attached hydrogen (secondary N) is 1. The molecule has 2 rings (SSSR count). The van der Waals surface area contributed by atoms with Gasteiger partial charge in [-0.3, -0.25) is 0 Å². The Kier molecular flexibility index (Phi) is 4.22. The van der Waals surface area contributed by atoms with Crippen LogP contribution in [0.15, 0.2) is 0 Å². The molecule has 2 aliphatic heterocycles. The van der Waals surface area contributed by atoms with Gasteiger partial charge in [0.15, 0.2) is 0 Å². The van der Waals surface area contributed by atoms with Gasteiger partial charge in [0.1, 0.15) is 0 Å². The van der Waals surface area contributed by atoms with Crippen LogP contribution in [0.5, 0.6) is 0 Å². The van der Waals surface area contributed by atoms with Crippen LogP contribution in [0.4, 0.5) is 0 Å². The zero-order chi connectivity index (χ0) is 9.64. The van der Waals surface area contributed by atoms with Crippen molar-refractivity contribution in [2.24, 2.45) is 0 Å². The molecule has 0 aromatic heterocycles. The van der Waals surface area contributed by atoms with Crippen molar-refractivity contribution < 1.29 is 4.74 Å². The van der Waals surface area contributed by atoms with Gasteiger partial charge in [-0.1, -0.05) is 12.8 Å². The van der Waals surface area contributed by atoms with E-state index < -0.39 is 0 Å². The van der Waals surface area contributed by atoms with Crippen LogP contribution in [-0.2, 0) is 4.74 Å². The van der Waals surface area contributed by atoms with E-state index in [4.69, 9.17) is 4.74 Å². The van der Waals surface area contributed by atoms with E-state index in [0.29, 0.717) is 6.10 Å². The number of morpholine rings is 1. The molecule has 3 heteroatoms. The Bertz CT molecular complexity index is 149. The Morgan fingerprint density at radius 2 is 1.93 bits per heavy atom. The highest BCUT2D eigenvalue weighted by molar-refractivity contribution is 4.73. The fourth-order valence-electron chi connectivity index (χ4n) is 2.34. The van der Waals surface area contributed by atoms with Gasteiger partial charge in [0.25, 0.3) is 0 Å². The van der Waals surface area contributed by atoms with Crippen molar-refractivity contribution in [2.45, 2.75) is 31.8 Å². The minimum atomic E-state index is 0.432. The van der Waals surface area contributed by atoms with Crippen molar-refractivity contribution in [2.75, 3.05) is 39.3 Å². The van der Waals surface area contributed by atoms with Crippen molar-refractivity contribution in [3.05, 3.63) is 0 Å². The first-order chi connectivity index (χ1) is 6.95. The standard InChI is InChI=1S/C11H22N2O/c1-2-4-7-13(6-3-1)10-11-9-12-5-8-14-11/h11-12H,1-10H2. The summed E-state index contributed by atoms with van der Waals surface area (Å²) in [6.07, 6.45) is 6.02. The molecule has 0 aromatic carbocycles. The van der Waals surface area contributed by atoms with E-state index in [1.807, 2.05) is 0 Å². The molecular formula is C11H22N2O. The van der Waals surface area contributed by atoms with E-state index in [0.717, 1.165) is 26.2 Å². The van der Waals surface area contributed by atoms with Crippen LogP contribution in [0, 0.1) is 0 Å². The zero-order valence-electron chi connectivity index (χ0n) is 9.00. The molecular weight excluding hydrogens is 176 g/mol. The molecule has 0 radical (unpaired) electrons. The molecule has 2 fully saturated rings. The molecule has 14 heavy (non-hydrogen) atoms. The zero-order valence-corrected chi connectivity index (χ0v) is 9.00. The second-order valence-corrected chi connectivity index (χ2v) is 4.41. The molecule has 3 nitrogen and oxygen atoms in total. The Morgan fingerprint density at radius 1 is 1.14 bits per heavy atom. The molecule has 0 spiro atoms. The van der Waals surface area contributed by atoms with Gasteiger partial charge in [-0.05, 0) is 25.9 Å². The summed E-state index contributed by atoms with van der Waals surface area (Å²) >= 11 is 0. The molecule has 0 saturated carbocycles. The quantitative estimate of drug-likeness (QED) is 0.712. The van der Waals surface area contributed by atoms with Crippen LogP contribution in [0.3, 0.4) is 0 Å². The van der Waals surface area contributed by atoms with E-state index in [-0.39, 0.29) is 0 Å². The lowest BCUT2D eigenvalue weighted by Crippen LogP contribution is -2.45. The summed E-state index contributed by atoms with van der Waals surface area (Å²) in [5.41, 5.74) is 0. The van der Waals surface area contributed by atoms with E-state index in [9.17, 15) is 0 Å². The SMILES string of the molecule is C1CCCN(CC2CNCCO2)CC1. The maximum atomic E-state index is 5.72. The first kappa shape index (κ1) is 10.4. The number of hydrogen-bond acceptors (Lipinski definition) is 3. The van der Waals surface area contributed by atoms with Crippen LogP contribution < -0.4 is 5.32 Å². The lowest BCUT2D eigenvalue weighted by Gasteiger charge is -2.29. The lowest BCUT2D eigenvalue weighted by molar-refractivity contribution is 0.00615. The molecule has 1 atom stereocenters. The van der Waals surface area contributed by atoms with E-state index in [2.05, 4.69) is 10.2 Å². The van der Waals surface area contributed by atoms with Gasteiger partial charge in [0, 0.05) is 19.6 Å². The van der Waals surface area contributed by atoms with Gasteiger partial charge in [-0.25, -0.2) is 0 Å². The fourth-order valence-corrected chi connectivity index (χ4v) is 2.34. The Balaban J connectivity index is 1.71. The number of hydrogen-bond donors (Lipinski definition) is 1.